The second kappa shape index (κ2) is 4.24. The van der Waals surface area contributed by atoms with Crippen LogP contribution in [0.5, 0.6) is 0 Å². The first kappa shape index (κ1) is 11.8. The van der Waals surface area contributed by atoms with E-state index in [1.54, 1.807) is 0 Å². The summed E-state index contributed by atoms with van der Waals surface area (Å²) in [6.45, 7) is 2.61. The van der Waals surface area contributed by atoms with Crippen LogP contribution in [0.3, 0.4) is 0 Å². The minimum absolute atomic E-state index is 0.527. The van der Waals surface area contributed by atoms with Crippen LogP contribution in [0.1, 0.15) is 38.5 Å². The van der Waals surface area contributed by atoms with Gasteiger partial charge in [0.25, 0.3) is 0 Å². The molecule has 1 heterocycles. The fourth-order valence-electron chi connectivity index (χ4n) is 5.71. The Hall–Kier alpha value is -1.01. The van der Waals surface area contributed by atoms with Crippen molar-refractivity contribution >= 4 is 0 Å². The zero-order chi connectivity index (χ0) is 12.9. The lowest BCUT2D eigenvalue weighted by molar-refractivity contribution is -0.0897. The van der Waals surface area contributed by atoms with Gasteiger partial charge in [0.2, 0.25) is 0 Å². The van der Waals surface area contributed by atoms with E-state index in [0.717, 1.165) is 30.8 Å². The Morgan fingerprint density at radius 3 is 2.32 bits per heavy atom. The SMILES string of the molecule is N#CCN1CC=CN1CC12CC3CC(CC(C3)C1)C2. The molecule has 102 valence electrons. The molecule has 0 aromatic rings. The van der Waals surface area contributed by atoms with Crippen molar-refractivity contribution in [3.05, 3.63) is 12.3 Å². The number of hydrogen-bond donors (Lipinski definition) is 0. The molecular formula is C16H23N3. The molecule has 0 unspecified atom stereocenters. The number of nitriles is 1. The summed E-state index contributed by atoms with van der Waals surface area (Å²) in [5.74, 6) is 3.05. The van der Waals surface area contributed by atoms with Gasteiger partial charge < -0.3 is 5.01 Å². The molecule has 0 aromatic heterocycles. The van der Waals surface area contributed by atoms with Gasteiger partial charge in [-0.15, -0.1) is 0 Å². The Balaban J connectivity index is 1.50. The molecule has 0 amide bonds. The van der Waals surface area contributed by atoms with Crippen molar-refractivity contribution in [3.8, 4) is 6.07 Å². The Labute approximate surface area is 115 Å². The quantitative estimate of drug-likeness (QED) is 0.728. The van der Waals surface area contributed by atoms with Gasteiger partial charge in [-0.2, -0.15) is 5.26 Å². The standard InChI is InChI=1S/C16H23N3/c17-2-5-18-3-1-4-19(18)12-16-9-13-6-14(10-16)8-15(7-13)11-16/h1,4,13-15H,3,5-12H2. The van der Waals surface area contributed by atoms with E-state index in [4.69, 9.17) is 5.26 Å². The molecule has 3 heteroatoms. The summed E-state index contributed by atoms with van der Waals surface area (Å²) in [4.78, 5) is 0. The summed E-state index contributed by atoms with van der Waals surface area (Å²) < 4.78 is 0. The van der Waals surface area contributed by atoms with E-state index < -0.39 is 0 Å². The predicted octanol–water partition coefficient (Wildman–Crippen LogP) is 2.77. The van der Waals surface area contributed by atoms with Gasteiger partial charge in [-0.05, 0) is 61.7 Å². The molecule has 4 fully saturated rings. The van der Waals surface area contributed by atoms with Crippen molar-refractivity contribution < 1.29 is 0 Å². The molecule has 4 saturated carbocycles. The van der Waals surface area contributed by atoms with Crippen molar-refractivity contribution in [2.24, 2.45) is 23.2 Å². The highest BCUT2D eigenvalue weighted by molar-refractivity contribution is 5.05. The minimum Gasteiger partial charge on any atom is -0.312 e. The summed E-state index contributed by atoms with van der Waals surface area (Å²) in [7, 11) is 0. The summed E-state index contributed by atoms with van der Waals surface area (Å²) in [6, 6.07) is 2.29. The van der Waals surface area contributed by atoms with E-state index >= 15 is 0 Å². The summed E-state index contributed by atoms with van der Waals surface area (Å²) in [5.41, 5.74) is 0.567. The topological polar surface area (TPSA) is 30.3 Å². The van der Waals surface area contributed by atoms with Gasteiger partial charge in [-0.1, -0.05) is 6.08 Å². The molecule has 4 aliphatic carbocycles. The fraction of sp³-hybridized carbons (Fsp3) is 0.812. The molecular weight excluding hydrogens is 234 g/mol. The van der Waals surface area contributed by atoms with Crippen LogP contribution in [0.2, 0.25) is 0 Å². The Kier molecular flexibility index (Phi) is 2.63. The average molecular weight is 257 g/mol. The van der Waals surface area contributed by atoms with Crippen LogP contribution in [0.15, 0.2) is 12.3 Å². The fourth-order valence-corrected chi connectivity index (χ4v) is 5.71. The molecule has 0 saturated heterocycles. The monoisotopic (exact) mass is 257 g/mol. The molecule has 0 N–H and O–H groups in total. The van der Waals surface area contributed by atoms with Crippen molar-refractivity contribution in [3.63, 3.8) is 0 Å². The zero-order valence-corrected chi connectivity index (χ0v) is 11.6. The van der Waals surface area contributed by atoms with E-state index in [2.05, 4.69) is 28.4 Å². The van der Waals surface area contributed by atoms with Gasteiger partial charge in [0.1, 0.15) is 6.54 Å². The molecule has 0 aromatic carbocycles. The van der Waals surface area contributed by atoms with E-state index in [1.165, 1.54) is 38.5 Å². The van der Waals surface area contributed by atoms with Gasteiger partial charge in [-0.3, -0.25) is 0 Å². The maximum absolute atomic E-state index is 8.93. The van der Waals surface area contributed by atoms with Crippen LogP contribution >= 0.6 is 0 Å². The maximum Gasteiger partial charge on any atom is 0.106 e. The molecule has 3 nitrogen and oxygen atoms in total. The largest absolute Gasteiger partial charge is 0.312 e. The highest BCUT2D eigenvalue weighted by atomic mass is 15.6. The van der Waals surface area contributed by atoms with Crippen molar-refractivity contribution in [2.75, 3.05) is 19.6 Å². The second-order valence-electron chi connectivity index (χ2n) is 7.41. The van der Waals surface area contributed by atoms with Crippen LogP contribution in [-0.4, -0.2) is 29.7 Å². The van der Waals surface area contributed by atoms with Crippen molar-refractivity contribution in [2.45, 2.75) is 38.5 Å². The van der Waals surface area contributed by atoms with Crippen LogP contribution < -0.4 is 0 Å². The average Bonchev–Trinajstić information content (AvgIpc) is 2.74. The zero-order valence-electron chi connectivity index (χ0n) is 11.6. The number of hydrazine groups is 1. The van der Waals surface area contributed by atoms with Gasteiger partial charge in [0.15, 0.2) is 0 Å². The number of rotatable bonds is 3. The smallest absolute Gasteiger partial charge is 0.106 e. The molecule has 0 spiro atoms. The molecule has 19 heavy (non-hydrogen) atoms. The molecule has 5 aliphatic rings. The van der Waals surface area contributed by atoms with E-state index in [1.807, 2.05) is 0 Å². The lowest BCUT2D eigenvalue weighted by Gasteiger charge is -2.58. The van der Waals surface area contributed by atoms with Crippen LogP contribution in [0.25, 0.3) is 0 Å². The van der Waals surface area contributed by atoms with Crippen molar-refractivity contribution in [1.29, 1.82) is 5.26 Å². The molecule has 0 atom stereocenters. The summed E-state index contributed by atoms with van der Waals surface area (Å²) in [5, 5.41) is 13.5. The molecule has 0 radical (unpaired) electrons. The number of nitrogens with zero attached hydrogens (tertiary/aromatic N) is 3. The van der Waals surface area contributed by atoms with Crippen LogP contribution in [0.4, 0.5) is 0 Å². The Morgan fingerprint density at radius 1 is 1.11 bits per heavy atom. The van der Waals surface area contributed by atoms with E-state index in [-0.39, 0.29) is 0 Å². The van der Waals surface area contributed by atoms with Gasteiger partial charge >= 0.3 is 0 Å². The highest BCUT2D eigenvalue weighted by Crippen LogP contribution is 2.60. The minimum atomic E-state index is 0.527. The van der Waals surface area contributed by atoms with Gasteiger partial charge in [0.05, 0.1) is 6.07 Å². The van der Waals surface area contributed by atoms with Crippen LogP contribution in [-0.2, 0) is 0 Å². The molecule has 5 rings (SSSR count). The lowest BCUT2D eigenvalue weighted by Crippen LogP contribution is -2.52. The Morgan fingerprint density at radius 2 is 1.74 bits per heavy atom. The van der Waals surface area contributed by atoms with Gasteiger partial charge in [0, 0.05) is 19.3 Å². The maximum atomic E-state index is 8.93. The first-order valence-corrected chi connectivity index (χ1v) is 7.81. The normalized spacial score (nSPS) is 43.9. The lowest BCUT2D eigenvalue weighted by atomic mass is 9.49. The highest BCUT2D eigenvalue weighted by Gasteiger charge is 2.51. The third-order valence-electron chi connectivity index (χ3n) is 5.87. The van der Waals surface area contributed by atoms with Crippen LogP contribution in [0, 0.1) is 34.5 Å². The molecule has 4 bridgehead atoms. The molecule has 1 aliphatic heterocycles. The predicted molar refractivity (Wildman–Crippen MR) is 73.6 cm³/mol. The first-order chi connectivity index (χ1) is 9.26. The Bertz CT molecular complexity index is 398. The van der Waals surface area contributed by atoms with Crippen molar-refractivity contribution in [1.82, 2.24) is 10.0 Å². The number of hydrogen-bond acceptors (Lipinski definition) is 3. The van der Waals surface area contributed by atoms with Gasteiger partial charge in [-0.25, -0.2) is 5.01 Å². The second-order valence-corrected chi connectivity index (χ2v) is 7.41. The summed E-state index contributed by atoms with van der Waals surface area (Å²) in [6.07, 6.45) is 13.3. The van der Waals surface area contributed by atoms with E-state index in [9.17, 15) is 0 Å². The first-order valence-electron chi connectivity index (χ1n) is 7.81. The third kappa shape index (κ3) is 1.97. The van der Waals surface area contributed by atoms with E-state index in [0.29, 0.717) is 12.0 Å². The summed E-state index contributed by atoms with van der Waals surface area (Å²) >= 11 is 0. The third-order valence-corrected chi connectivity index (χ3v) is 5.87.